The minimum absolute atomic E-state index is 0.201. The summed E-state index contributed by atoms with van der Waals surface area (Å²) in [6, 6.07) is 8.53. The summed E-state index contributed by atoms with van der Waals surface area (Å²) < 4.78 is 0. The monoisotopic (exact) mass is 391 g/mol. The highest BCUT2D eigenvalue weighted by Gasteiger charge is 2.41. The highest BCUT2D eigenvalue weighted by Crippen LogP contribution is 2.26. The van der Waals surface area contributed by atoms with Gasteiger partial charge in [-0.25, -0.2) is 5.48 Å². The van der Waals surface area contributed by atoms with Gasteiger partial charge in [0.05, 0.1) is 5.92 Å². The quantitative estimate of drug-likeness (QED) is 0.457. The van der Waals surface area contributed by atoms with E-state index in [0.29, 0.717) is 32.2 Å². The van der Waals surface area contributed by atoms with Crippen LogP contribution in [-0.4, -0.2) is 58.7 Å². The number of nitrogens with zero attached hydrogens (tertiary/aromatic N) is 2. The minimum Gasteiger partial charge on any atom is -0.382 e. The number of carbonyl (C=O) groups excluding carboxylic acids is 3. The molecule has 0 aliphatic carbocycles. The van der Waals surface area contributed by atoms with Gasteiger partial charge < -0.3 is 14.9 Å². The Hall–Kier alpha value is -2.45. The number of carbonyl (C=O) groups is 3. The lowest BCUT2D eigenvalue weighted by Gasteiger charge is -2.32. The van der Waals surface area contributed by atoms with Gasteiger partial charge in [-0.05, 0) is 31.4 Å². The molecule has 0 radical (unpaired) electrons. The van der Waals surface area contributed by atoms with Gasteiger partial charge >= 0.3 is 0 Å². The fraction of sp³-hybridized carbons (Fsp3) is 0.550. The van der Waals surface area contributed by atoms with Crippen LogP contribution >= 0.6 is 0 Å². The van der Waals surface area contributed by atoms with Gasteiger partial charge in [-0.15, -0.1) is 0 Å². The predicted octanol–water partition coefficient (Wildman–Crippen LogP) is 1.31. The van der Waals surface area contributed by atoms with Gasteiger partial charge in [0.25, 0.3) is 5.91 Å². The molecule has 2 unspecified atom stereocenters. The number of aliphatic hydroxyl groups excluding tert-OH is 1. The first kappa shape index (κ1) is 21.8. The number of likely N-dealkylation sites (N-methyl/N-ethyl adjacent to an activating group) is 1. The Kier molecular flexibility index (Phi) is 7.95. The van der Waals surface area contributed by atoms with Crippen LogP contribution in [0.3, 0.4) is 0 Å². The highest BCUT2D eigenvalue weighted by atomic mass is 16.5. The van der Waals surface area contributed by atoms with Crippen LogP contribution in [0, 0.1) is 5.92 Å². The van der Waals surface area contributed by atoms with Crippen LogP contribution in [0.1, 0.15) is 39.0 Å². The van der Waals surface area contributed by atoms with Crippen molar-refractivity contribution in [3.05, 3.63) is 30.3 Å². The van der Waals surface area contributed by atoms with Crippen molar-refractivity contribution in [1.82, 2.24) is 10.4 Å². The van der Waals surface area contributed by atoms with Crippen molar-refractivity contribution in [3.63, 3.8) is 0 Å². The van der Waals surface area contributed by atoms with Crippen molar-refractivity contribution in [2.24, 2.45) is 5.92 Å². The number of amides is 3. The van der Waals surface area contributed by atoms with Gasteiger partial charge in [-0.1, -0.05) is 38.0 Å². The molecule has 1 aromatic rings. The zero-order valence-corrected chi connectivity index (χ0v) is 16.4. The zero-order chi connectivity index (χ0) is 20.7. The molecule has 8 heteroatoms. The summed E-state index contributed by atoms with van der Waals surface area (Å²) >= 11 is 0. The number of nitrogens with one attached hydrogen (secondary N) is 1. The van der Waals surface area contributed by atoms with Gasteiger partial charge in [0.15, 0.2) is 0 Å². The number of hydroxylamine groups is 1. The highest BCUT2D eigenvalue weighted by molar-refractivity contribution is 6.00. The van der Waals surface area contributed by atoms with E-state index in [9.17, 15) is 19.5 Å². The van der Waals surface area contributed by atoms with E-state index in [4.69, 9.17) is 5.21 Å². The molecule has 1 heterocycles. The zero-order valence-electron chi connectivity index (χ0n) is 16.4. The van der Waals surface area contributed by atoms with Gasteiger partial charge in [-0.2, -0.15) is 0 Å². The Labute approximate surface area is 165 Å². The molecule has 3 N–H and O–H groups in total. The molecule has 1 fully saturated rings. The van der Waals surface area contributed by atoms with Gasteiger partial charge in [0.1, 0.15) is 12.1 Å². The Morgan fingerprint density at radius 2 is 1.96 bits per heavy atom. The Balaban J connectivity index is 2.19. The Morgan fingerprint density at radius 1 is 1.29 bits per heavy atom. The third-order valence-corrected chi connectivity index (χ3v) is 5.24. The number of unbranched alkanes of at least 4 members (excludes halogenated alkanes) is 1. The van der Waals surface area contributed by atoms with Gasteiger partial charge in [0.2, 0.25) is 11.8 Å². The normalized spacial score (nSPS) is 18.4. The first-order valence-electron chi connectivity index (χ1n) is 9.67. The number of aliphatic hydroxyl groups is 1. The molecule has 8 nitrogen and oxygen atoms in total. The average Bonchev–Trinajstić information content (AvgIpc) is 3.22. The molecule has 0 spiro atoms. The first-order valence-corrected chi connectivity index (χ1v) is 9.67. The molecule has 28 heavy (non-hydrogen) atoms. The van der Waals surface area contributed by atoms with Gasteiger partial charge in [0, 0.05) is 19.3 Å². The van der Waals surface area contributed by atoms with E-state index in [0.717, 1.165) is 12.1 Å². The number of rotatable bonds is 8. The van der Waals surface area contributed by atoms with Crippen LogP contribution in [0.15, 0.2) is 30.3 Å². The fourth-order valence-corrected chi connectivity index (χ4v) is 3.59. The molecule has 154 valence electrons. The van der Waals surface area contributed by atoms with E-state index in [1.807, 2.05) is 37.3 Å². The van der Waals surface area contributed by atoms with Crippen molar-refractivity contribution in [2.45, 2.75) is 51.2 Å². The van der Waals surface area contributed by atoms with E-state index in [2.05, 4.69) is 0 Å². The standard InChI is InChI=1S/C20H29N3O5/c1-3-4-11-15(17(24)18(25)21-28)19(26)23-13-8-12-16(23)20(27)22(2)14-9-6-5-7-10-14/h5-7,9-10,15-17,24,28H,3-4,8,11-13H2,1-2H3,(H,21,25)/t15?,16-,17?/m0/s1. The van der Waals surface area contributed by atoms with E-state index >= 15 is 0 Å². The van der Waals surface area contributed by atoms with Crippen LogP contribution in [0.25, 0.3) is 0 Å². The number of hydrogen-bond acceptors (Lipinski definition) is 5. The Bertz CT molecular complexity index is 682. The number of hydrogen-bond donors (Lipinski definition) is 3. The van der Waals surface area contributed by atoms with Crippen molar-refractivity contribution >= 4 is 23.4 Å². The predicted molar refractivity (Wildman–Crippen MR) is 104 cm³/mol. The number of para-hydroxylation sites is 1. The number of anilines is 1. The minimum atomic E-state index is -1.66. The van der Waals surface area contributed by atoms with Crippen molar-refractivity contribution in [3.8, 4) is 0 Å². The van der Waals surface area contributed by atoms with Crippen molar-refractivity contribution in [1.29, 1.82) is 0 Å². The maximum absolute atomic E-state index is 13.1. The van der Waals surface area contributed by atoms with Crippen LogP contribution in [0.5, 0.6) is 0 Å². The largest absolute Gasteiger partial charge is 0.382 e. The van der Waals surface area contributed by atoms with E-state index in [1.54, 1.807) is 7.05 Å². The molecule has 1 aromatic carbocycles. The summed E-state index contributed by atoms with van der Waals surface area (Å²) in [5.74, 6) is -2.64. The maximum atomic E-state index is 13.1. The molecular formula is C20H29N3O5. The summed E-state index contributed by atoms with van der Waals surface area (Å²) in [5.41, 5.74) is 2.14. The van der Waals surface area contributed by atoms with Crippen molar-refractivity contribution in [2.75, 3.05) is 18.5 Å². The van der Waals surface area contributed by atoms with Crippen molar-refractivity contribution < 1.29 is 24.7 Å². The SMILES string of the molecule is CCCCC(C(=O)N1CCC[C@H]1C(=O)N(C)c1ccccc1)C(O)C(=O)NO. The fourth-order valence-electron chi connectivity index (χ4n) is 3.59. The first-order chi connectivity index (χ1) is 13.4. The molecule has 3 atom stereocenters. The molecule has 1 aliphatic rings. The van der Waals surface area contributed by atoms with Crippen LogP contribution in [0.4, 0.5) is 5.69 Å². The molecular weight excluding hydrogens is 362 g/mol. The summed E-state index contributed by atoms with van der Waals surface area (Å²) in [4.78, 5) is 40.8. The Morgan fingerprint density at radius 3 is 2.57 bits per heavy atom. The topological polar surface area (TPSA) is 110 Å². The molecule has 0 bridgehead atoms. The third-order valence-electron chi connectivity index (χ3n) is 5.24. The van der Waals surface area contributed by atoms with Crippen LogP contribution < -0.4 is 10.4 Å². The summed E-state index contributed by atoms with van der Waals surface area (Å²) in [6.45, 7) is 2.34. The molecule has 0 aromatic heterocycles. The summed E-state index contributed by atoms with van der Waals surface area (Å²) in [7, 11) is 1.67. The smallest absolute Gasteiger partial charge is 0.272 e. The maximum Gasteiger partial charge on any atom is 0.272 e. The molecule has 2 rings (SSSR count). The molecule has 3 amide bonds. The van der Waals surface area contributed by atoms with E-state index in [-0.39, 0.29) is 5.91 Å². The lowest BCUT2D eigenvalue weighted by atomic mass is 9.93. The lowest BCUT2D eigenvalue weighted by molar-refractivity contribution is -0.152. The lowest BCUT2D eigenvalue weighted by Crippen LogP contribution is -2.52. The van der Waals surface area contributed by atoms with Gasteiger partial charge in [-0.3, -0.25) is 19.6 Å². The second kappa shape index (κ2) is 10.2. The van der Waals surface area contributed by atoms with Crippen LogP contribution in [-0.2, 0) is 14.4 Å². The molecule has 1 aliphatic heterocycles. The third kappa shape index (κ3) is 4.88. The second-order valence-electron chi connectivity index (χ2n) is 7.09. The molecule has 1 saturated heterocycles. The summed E-state index contributed by atoms with van der Waals surface area (Å²) in [6.07, 6.45) is 1.28. The number of benzene rings is 1. The van der Waals surface area contributed by atoms with E-state index in [1.165, 1.54) is 15.3 Å². The van der Waals surface area contributed by atoms with E-state index < -0.39 is 29.9 Å². The number of likely N-dealkylation sites (tertiary alicyclic amines) is 1. The molecule has 0 saturated carbocycles. The second-order valence-corrected chi connectivity index (χ2v) is 7.09. The summed E-state index contributed by atoms with van der Waals surface area (Å²) in [5, 5.41) is 19.1. The average molecular weight is 391 g/mol. The van der Waals surface area contributed by atoms with Crippen LogP contribution in [0.2, 0.25) is 0 Å².